The van der Waals surface area contributed by atoms with E-state index in [2.05, 4.69) is 26.8 Å². The molecule has 0 spiro atoms. The predicted molar refractivity (Wildman–Crippen MR) is 142 cm³/mol. The van der Waals surface area contributed by atoms with Crippen LogP contribution in [0.3, 0.4) is 0 Å². The summed E-state index contributed by atoms with van der Waals surface area (Å²) in [5.74, 6) is 0.542. The molecule has 2 aromatic heterocycles. The molecule has 0 atom stereocenters. The van der Waals surface area contributed by atoms with Gasteiger partial charge in [0.05, 0.1) is 22.6 Å². The molecular weight excluding hydrogens is 488 g/mol. The summed E-state index contributed by atoms with van der Waals surface area (Å²) in [7, 11) is 0. The molecule has 8 nitrogen and oxygen atoms in total. The largest absolute Gasteiger partial charge is 0.381 e. The number of carbonyl (C=O) groups is 1. The average molecular weight is 514 g/mol. The highest BCUT2D eigenvalue weighted by molar-refractivity contribution is 6.33. The van der Waals surface area contributed by atoms with E-state index in [0.717, 1.165) is 48.4 Å². The lowest BCUT2D eigenvalue weighted by Gasteiger charge is -2.23. The number of benzene rings is 2. The smallest absolute Gasteiger partial charge is 0.254 e. The molecule has 2 aromatic carbocycles. The van der Waals surface area contributed by atoms with E-state index in [1.54, 1.807) is 12.4 Å². The molecule has 2 aliphatic heterocycles. The van der Waals surface area contributed by atoms with E-state index in [9.17, 15) is 4.79 Å². The minimum Gasteiger partial charge on any atom is -0.381 e. The highest BCUT2D eigenvalue weighted by Crippen LogP contribution is 2.32. The molecule has 1 amide bonds. The first-order valence-electron chi connectivity index (χ1n) is 12.4. The van der Waals surface area contributed by atoms with Crippen molar-refractivity contribution in [3.63, 3.8) is 0 Å². The van der Waals surface area contributed by atoms with Crippen molar-refractivity contribution in [2.75, 3.05) is 25.1 Å². The van der Waals surface area contributed by atoms with Gasteiger partial charge in [0.25, 0.3) is 5.91 Å². The second kappa shape index (κ2) is 10.3. The Labute approximate surface area is 220 Å². The van der Waals surface area contributed by atoms with Crippen LogP contribution in [-0.4, -0.2) is 56.4 Å². The third-order valence-electron chi connectivity index (χ3n) is 6.77. The normalized spacial score (nSPS) is 15.7. The molecule has 0 aliphatic carbocycles. The molecule has 9 heteroatoms. The molecule has 2 aliphatic rings. The first kappa shape index (κ1) is 23.6. The van der Waals surface area contributed by atoms with Crippen LogP contribution in [0.5, 0.6) is 0 Å². The summed E-state index contributed by atoms with van der Waals surface area (Å²) in [5.41, 5.74) is 5.15. The SMILES string of the molecule is O=C1c2cc(-c3nc(NC4CCOCC4)ncc3Cl)ccc2CN1C[CH]c1ccc(-n2cccn2)cc1. The van der Waals surface area contributed by atoms with E-state index in [4.69, 9.17) is 16.3 Å². The summed E-state index contributed by atoms with van der Waals surface area (Å²) in [6, 6.07) is 16.1. The second-order valence-corrected chi connectivity index (χ2v) is 9.63. The molecule has 1 fully saturated rings. The number of carbonyl (C=O) groups excluding carboxylic acids is 1. The molecule has 187 valence electrons. The minimum atomic E-state index is 0.00648. The van der Waals surface area contributed by atoms with Crippen LogP contribution in [0.1, 0.15) is 34.3 Å². The van der Waals surface area contributed by atoms with Gasteiger partial charge >= 0.3 is 0 Å². The van der Waals surface area contributed by atoms with E-state index >= 15 is 0 Å². The zero-order valence-electron chi connectivity index (χ0n) is 20.2. The highest BCUT2D eigenvalue weighted by Gasteiger charge is 2.28. The zero-order valence-corrected chi connectivity index (χ0v) is 20.9. The van der Waals surface area contributed by atoms with E-state index < -0.39 is 0 Å². The van der Waals surface area contributed by atoms with Gasteiger partial charge in [-0.1, -0.05) is 35.9 Å². The van der Waals surface area contributed by atoms with Crippen molar-refractivity contribution in [1.82, 2.24) is 24.6 Å². The Morgan fingerprint density at radius 2 is 1.97 bits per heavy atom. The molecule has 1 radical (unpaired) electrons. The van der Waals surface area contributed by atoms with E-state index in [1.165, 1.54) is 0 Å². The number of anilines is 1. The number of ether oxygens (including phenoxy) is 1. The quantitative estimate of drug-likeness (QED) is 0.383. The predicted octanol–water partition coefficient (Wildman–Crippen LogP) is 4.78. The summed E-state index contributed by atoms with van der Waals surface area (Å²) in [4.78, 5) is 24.1. The summed E-state index contributed by atoms with van der Waals surface area (Å²) in [6.45, 7) is 2.56. The maximum absolute atomic E-state index is 13.2. The van der Waals surface area contributed by atoms with Gasteiger partial charge in [0.1, 0.15) is 0 Å². The number of fused-ring (bicyclic) bond motifs is 1. The van der Waals surface area contributed by atoms with Crippen LogP contribution >= 0.6 is 11.6 Å². The van der Waals surface area contributed by atoms with Crippen LogP contribution in [0.2, 0.25) is 5.02 Å². The van der Waals surface area contributed by atoms with Gasteiger partial charge in [-0.15, -0.1) is 0 Å². The van der Waals surface area contributed by atoms with Gasteiger partial charge in [0.15, 0.2) is 0 Å². The van der Waals surface area contributed by atoms with Crippen LogP contribution in [0.15, 0.2) is 67.1 Å². The van der Waals surface area contributed by atoms with Crippen LogP contribution in [-0.2, 0) is 11.3 Å². The number of hydrogen-bond donors (Lipinski definition) is 1. The fourth-order valence-corrected chi connectivity index (χ4v) is 4.92. The van der Waals surface area contributed by atoms with Crippen molar-refractivity contribution in [2.24, 2.45) is 0 Å². The Bertz CT molecular complexity index is 1400. The summed E-state index contributed by atoms with van der Waals surface area (Å²) >= 11 is 6.47. The molecule has 0 saturated carbocycles. The van der Waals surface area contributed by atoms with Gasteiger partial charge in [0.2, 0.25) is 5.95 Å². The monoisotopic (exact) mass is 513 g/mol. The number of halogens is 1. The Hall–Kier alpha value is -3.75. The van der Waals surface area contributed by atoms with Crippen molar-refractivity contribution in [2.45, 2.75) is 25.4 Å². The summed E-state index contributed by atoms with van der Waals surface area (Å²) in [5, 5.41) is 8.09. The lowest BCUT2D eigenvalue weighted by atomic mass is 10.0. The van der Waals surface area contributed by atoms with Crippen molar-refractivity contribution in [3.8, 4) is 16.9 Å². The molecule has 0 bridgehead atoms. The molecule has 4 aromatic rings. The van der Waals surface area contributed by atoms with Crippen LogP contribution in [0.25, 0.3) is 16.9 Å². The van der Waals surface area contributed by atoms with Crippen LogP contribution < -0.4 is 5.32 Å². The number of hydrogen-bond acceptors (Lipinski definition) is 6. The zero-order chi connectivity index (χ0) is 25.2. The van der Waals surface area contributed by atoms with E-state index in [-0.39, 0.29) is 11.9 Å². The fourth-order valence-electron chi connectivity index (χ4n) is 4.72. The van der Waals surface area contributed by atoms with Gasteiger partial charge in [-0.3, -0.25) is 4.79 Å². The van der Waals surface area contributed by atoms with Crippen molar-refractivity contribution >= 4 is 23.5 Å². The number of amides is 1. The molecule has 1 saturated heterocycles. The Balaban J connectivity index is 1.14. The number of nitrogens with zero attached hydrogens (tertiary/aromatic N) is 5. The van der Waals surface area contributed by atoms with Crippen LogP contribution in [0, 0.1) is 6.42 Å². The second-order valence-electron chi connectivity index (χ2n) is 9.23. The summed E-state index contributed by atoms with van der Waals surface area (Å²) < 4.78 is 7.24. The standard InChI is InChI=1S/C28H26ClN6O2/c29-25-17-30-28(32-22-9-14-37-15-10-22)33-26(25)20-4-5-21-18-34(27(36)24(21)16-20)13-8-19-2-6-23(7-3-19)35-12-1-11-31-35/h1-8,11-12,16-17,22H,9-10,13-15,18H2,(H,30,32,33). The van der Waals surface area contributed by atoms with Gasteiger partial charge in [-0.2, -0.15) is 5.10 Å². The van der Waals surface area contributed by atoms with Gasteiger partial charge in [-0.05, 0) is 48.2 Å². The van der Waals surface area contributed by atoms with Crippen molar-refractivity contribution < 1.29 is 9.53 Å². The summed E-state index contributed by atoms with van der Waals surface area (Å²) in [6.07, 6.45) is 9.16. The fraction of sp³-hybridized carbons (Fsp3) is 0.250. The maximum atomic E-state index is 13.2. The molecular formula is C28H26ClN6O2. The number of aromatic nitrogens is 4. The molecule has 1 N–H and O–H groups in total. The van der Waals surface area contributed by atoms with Crippen molar-refractivity contribution in [3.05, 3.63) is 95.3 Å². The molecule has 6 rings (SSSR count). The first-order valence-corrected chi connectivity index (χ1v) is 12.7. The van der Waals surface area contributed by atoms with E-state index in [1.807, 2.05) is 64.3 Å². The molecule has 0 unspecified atom stereocenters. The number of nitrogens with one attached hydrogen (secondary N) is 1. The third-order valence-corrected chi connectivity index (χ3v) is 7.05. The first-order chi connectivity index (χ1) is 18.1. The van der Waals surface area contributed by atoms with E-state index in [0.29, 0.717) is 35.3 Å². The Kier molecular flexibility index (Phi) is 6.59. The molecule has 37 heavy (non-hydrogen) atoms. The Morgan fingerprint density at radius 3 is 2.76 bits per heavy atom. The lowest BCUT2D eigenvalue weighted by molar-refractivity contribution is 0.0792. The highest BCUT2D eigenvalue weighted by atomic mass is 35.5. The van der Waals surface area contributed by atoms with Gasteiger partial charge in [0, 0.05) is 62.3 Å². The van der Waals surface area contributed by atoms with Crippen molar-refractivity contribution in [1.29, 1.82) is 0 Å². The Morgan fingerprint density at radius 1 is 1.14 bits per heavy atom. The van der Waals surface area contributed by atoms with Gasteiger partial charge < -0.3 is 15.0 Å². The third kappa shape index (κ3) is 5.08. The topological polar surface area (TPSA) is 85.2 Å². The van der Waals surface area contributed by atoms with Gasteiger partial charge in [-0.25, -0.2) is 14.6 Å². The number of rotatable bonds is 7. The lowest BCUT2D eigenvalue weighted by Crippen LogP contribution is -2.28. The maximum Gasteiger partial charge on any atom is 0.254 e. The molecule has 4 heterocycles. The minimum absolute atomic E-state index is 0.00648. The average Bonchev–Trinajstić information content (AvgIpc) is 3.58. The van der Waals surface area contributed by atoms with Crippen LogP contribution in [0.4, 0.5) is 5.95 Å².